The van der Waals surface area contributed by atoms with Crippen molar-refractivity contribution in [3.63, 3.8) is 0 Å². The normalized spacial score (nSPS) is 17.5. The maximum Gasteiger partial charge on any atom is 0.316 e. The van der Waals surface area contributed by atoms with Crippen molar-refractivity contribution < 1.29 is 19.1 Å². The highest BCUT2D eigenvalue weighted by molar-refractivity contribution is 8.03. The number of hydrogen-bond acceptors (Lipinski definition) is 7. The Labute approximate surface area is 203 Å². The van der Waals surface area contributed by atoms with E-state index in [2.05, 4.69) is 11.4 Å². The monoisotopic (exact) mass is 474 g/mol. The van der Waals surface area contributed by atoms with Gasteiger partial charge in [-0.15, -0.1) is 0 Å². The first-order valence-electron chi connectivity index (χ1n) is 11.3. The van der Waals surface area contributed by atoms with E-state index in [1.165, 1.54) is 11.8 Å². The van der Waals surface area contributed by atoms with Crippen LogP contribution in [0.15, 0.2) is 76.5 Å². The van der Waals surface area contributed by atoms with Gasteiger partial charge >= 0.3 is 5.97 Å². The fourth-order valence-electron chi connectivity index (χ4n) is 4.20. The van der Waals surface area contributed by atoms with Gasteiger partial charge < -0.3 is 14.8 Å². The van der Waals surface area contributed by atoms with Crippen LogP contribution in [0.5, 0.6) is 5.75 Å². The lowest BCUT2D eigenvalue weighted by molar-refractivity contribution is -0.139. The summed E-state index contributed by atoms with van der Waals surface area (Å²) >= 11 is 1.24. The minimum Gasteiger partial charge on any atom is -0.489 e. The van der Waals surface area contributed by atoms with Crippen molar-refractivity contribution in [1.29, 1.82) is 5.26 Å². The van der Waals surface area contributed by atoms with Crippen molar-refractivity contribution in [3.05, 3.63) is 87.6 Å². The third-order valence-corrected chi connectivity index (χ3v) is 6.76. The Hall–Kier alpha value is -3.50. The number of carbonyl (C=O) groups is 2. The van der Waals surface area contributed by atoms with E-state index in [1.54, 1.807) is 6.92 Å². The molecule has 174 valence electrons. The average molecular weight is 475 g/mol. The van der Waals surface area contributed by atoms with E-state index in [9.17, 15) is 14.9 Å². The van der Waals surface area contributed by atoms with E-state index in [0.29, 0.717) is 41.6 Å². The summed E-state index contributed by atoms with van der Waals surface area (Å²) in [7, 11) is 0. The van der Waals surface area contributed by atoms with Gasteiger partial charge in [0.25, 0.3) is 0 Å². The number of hydrogen-bond donors (Lipinski definition) is 1. The van der Waals surface area contributed by atoms with Crippen molar-refractivity contribution in [2.45, 2.75) is 38.7 Å². The number of nitrogens with zero attached hydrogens (tertiary/aromatic N) is 1. The Kier molecular flexibility index (Phi) is 7.71. The molecule has 0 amide bonds. The Bertz CT molecular complexity index is 1160. The Morgan fingerprint density at radius 2 is 1.91 bits per heavy atom. The lowest BCUT2D eigenvalue weighted by Crippen LogP contribution is -2.31. The maximum absolute atomic E-state index is 12.9. The summed E-state index contributed by atoms with van der Waals surface area (Å²) in [5.74, 6) is 0.0594. The number of allylic oxidation sites excluding steroid dienone is 3. The molecular formula is C27H26N2O4S. The van der Waals surface area contributed by atoms with Gasteiger partial charge in [0.2, 0.25) is 0 Å². The van der Waals surface area contributed by atoms with E-state index in [1.807, 2.05) is 54.6 Å². The quantitative estimate of drug-likeness (QED) is 0.539. The summed E-state index contributed by atoms with van der Waals surface area (Å²) in [6, 6.07) is 19.8. The second-order valence-corrected chi connectivity index (χ2v) is 9.00. The molecule has 34 heavy (non-hydrogen) atoms. The zero-order chi connectivity index (χ0) is 23.9. The van der Waals surface area contributed by atoms with Crippen LogP contribution in [0.1, 0.15) is 43.2 Å². The lowest BCUT2D eigenvalue weighted by atomic mass is 9.77. The molecule has 0 fully saturated rings. The summed E-state index contributed by atoms with van der Waals surface area (Å²) in [6.45, 7) is 2.52. The van der Waals surface area contributed by atoms with Crippen LogP contribution in [0, 0.1) is 11.3 Å². The largest absolute Gasteiger partial charge is 0.489 e. The summed E-state index contributed by atoms with van der Waals surface area (Å²) in [5.41, 5.74) is 3.87. The molecule has 1 heterocycles. The van der Waals surface area contributed by atoms with Gasteiger partial charge in [0.1, 0.15) is 12.4 Å². The number of nitriles is 1. The number of ketones is 1. The molecule has 0 unspecified atom stereocenters. The zero-order valence-corrected chi connectivity index (χ0v) is 19.8. The molecule has 1 aliphatic carbocycles. The summed E-state index contributed by atoms with van der Waals surface area (Å²) in [4.78, 5) is 24.8. The van der Waals surface area contributed by atoms with Crippen molar-refractivity contribution in [1.82, 2.24) is 5.32 Å². The average Bonchev–Trinajstić information content (AvgIpc) is 2.86. The Balaban J connectivity index is 1.61. The van der Waals surface area contributed by atoms with E-state index < -0.39 is 5.92 Å². The molecular weight excluding hydrogens is 448 g/mol. The highest BCUT2D eigenvalue weighted by Crippen LogP contribution is 2.44. The first kappa shape index (κ1) is 23.7. The smallest absolute Gasteiger partial charge is 0.316 e. The van der Waals surface area contributed by atoms with Gasteiger partial charge in [0, 0.05) is 17.7 Å². The van der Waals surface area contributed by atoms with Crippen molar-refractivity contribution >= 4 is 23.5 Å². The molecule has 0 bridgehead atoms. The molecule has 2 aromatic carbocycles. The standard InChI is InChI=1S/C27H26N2O4S/c1-2-32-24(31)17-34-27-21(15-28)25(26-22(29-27)9-6-10-23(26)30)19-11-13-20(14-12-19)33-16-18-7-4-3-5-8-18/h3-5,7-8,11-14,25,29H,2,6,9-10,16-17H2,1H3/t25-/m1/s1. The zero-order valence-electron chi connectivity index (χ0n) is 19.0. The third-order valence-electron chi connectivity index (χ3n) is 5.76. The van der Waals surface area contributed by atoms with Crippen LogP contribution in [0.4, 0.5) is 0 Å². The van der Waals surface area contributed by atoms with Crippen LogP contribution >= 0.6 is 11.8 Å². The number of carbonyl (C=O) groups excluding carboxylic acids is 2. The first-order valence-corrected chi connectivity index (χ1v) is 12.3. The molecule has 1 N–H and O–H groups in total. The molecule has 0 saturated carbocycles. The van der Waals surface area contributed by atoms with Gasteiger partial charge in [0.05, 0.1) is 34.9 Å². The Morgan fingerprint density at radius 3 is 2.62 bits per heavy atom. The molecule has 1 atom stereocenters. The second-order valence-electron chi connectivity index (χ2n) is 8.02. The number of esters is 1. The number of Topliss-reactive ketones (excluding diaryl/α,β-unsaturated/α-hetero) is 1. The number of rotatable bonds is 8. The molecule has 4 rings (SSSR count). The van der Waals surface area contributed by atoms with Crippen molar-refractivity contribution in [2.75, 3.05) is 12.4 Å². The molecule has 7 heteroatoms. The van der Waals surface area contributed by atoms with Crippen molar-refractivity contribution in [3.8, 4) is 11.8 Å². The fourth-order valence-corrected chi connectivity index (χ4v) is 5.06. The van der Waals surface area contributed by atoms with Crippen LogP contribution < -0.4 is 10.1 Å². The maximum atomic E-state index is 12.9. The van der Waals surface area contributed by atoms with Crippen LogP contribution in [-0.2, 0) is 20.9 Å². The number of nitrogens with one attached hydrogen (secondary N) is 1. The molecule has 0 aromatic heterocycles. The summed E-state index contributed by atoms with van der Waals surface area (Å²) < 4.78 is 10.9. The topological polar surface area (TPSA) is 88.4 Å². The van der Waals surface area contributed by atoms with Gasteiger partial charge in [-0.25, -0.2) is 0 Å². The number of benzene rings is 2. The molecule has 2 aliphatic rings. The first-order chi connectivity index (χ1) is 16.6. The number of thioether (sulfide) groups is 1. The predicted molar refractivity (Wildman–Crippen MR) is 131 cm³/mol. The molecule has 0 radical (unpaired) electrons. The van der Waals surface area contributed by atoms with Gasteiger partial charge in [-0.05, 0) is 43.0 Å². The van der Waals surface area contributed by atoms with Crippen LogP contribution in [0.3, 0.4) is 0 Å². The SMILES string of the molecule is CCOC(=O)CSC1=C(C#N)[C@@H](c2ccc(OCc3ccccc3)cc2)C2=C(CCCC2=O)N1. The molecule has 1 aliphatic heterocycles. The molecule has 0 saturated heterocycles. The van der Waals surface area contributed by atoms with Gasteiger partial charge in [-0.3, -0.25) is 9.59 Å². The second kappa shape index (κ2) is 11.1. The third kappa shape index (κ3) is 5.35. The predicted octanol–water partition coefficient (Wildman–Crippen LogP) is 4.99. The van der Waals surface area contributed by atoms with E-state index in [0.717, 1.165) is 29.7 Å². The molecule has 2 aromatic rings. The van der Waals surface area contributed by atoms with E-state index in [-0.39, 0.29) is 17.5 Å². The van der Waals surface area contributed by atoms with Gasteiger partial charge in [0.15, 0.2) is 5.78 Å². The number of dihydropyridines is 1. The molecule has 6 nitrogen and oxygen atoms in total. The van der Waals surface area contributed by atoms with Gasteiger partial charge in [-0.2, -0.15) is 5.26 Å². The Morgan fingerprint density at radius 1 is 1.15 bits per heavy atom. The minimum absolute atomic E-state index is 0.0605. The highest BCUT2D eigenvalue weighted by Gasteiger charge is 2.37. The van der Waals surface area contributed by atoms with E-state index in [4.69, 9.17) is 9.47 Å². The number of ether oxygens (including phenoxy) is 2. The van der Waals surface area contributed by atoms with Crippen LogP contribution in [0.25, 0.3) is 0 Å². The minimum atomic E-state index is -0.470. The van der Waals surface area contributed by atoms with Crippen LogP contribution in [0.2, 0.25) is 0 Å². The van der Waals surface area contributed by atoms with Crippen molar-refractivity contribution in [2.24, 2.45) is 0 Å². The van der Waals surface area contributed by atoms with Gasteiger partial charge in [-0.1, -0.05) is 54.2 Å². The van der Waals surface area contributed by atoms with Crippen LogP contribution in [-0.4, -0.2) is 24.1 Å². The summed E-state index contributed by atoms with van der Waals surface area (Å²) in [6.07, 6.45) is 1.97. The molecule has 0 spiro atoms. The summed E-state index contributed by atoms with van der Waals surface area (Å²) in [5, 5.41) is 14.0. The van der Waals surface area contributed by atoms with E-state index >= 15 is 0 Å². The fraction of sp³-hybridized carbons (Fsp3) is 0.296. The lowest BCUT2D eigenvalue weighted by Gasteiger charge is -2.33. The highest BCUT2D eigenvalue weighted by atomic mass is 32.2.